The highest BCUT2D eigenvalue weighted by molar-refractivity contribution is 5.92. The number of aromatic nitrogens is 2. The largest absolute Gasteiger partial charge is 0.454 e. The molecule has 0 spiro atoms. The summed E-state index contributed by atoms with van der Waals surface area (Å²) in [5.74, 6) is 1.78. The minimum atomic E-state index is -0.263. The number of nitrogens with zero attached hydrogens (tertiary/aromatic N) is 2. The van der Waals surface area contributed by atoms with Crippen molar-refractivity contribution < 1.29 is 19.0 Å². The number of amides is 1. The summed E-state index contributed by atoms with van der Waals surface area (Å²) in [7, 11) is 1.58. The highest BCUT2D eigenvalue weighted by atomic mass is 16.7. The summed E-state index contributed by atoms with van der Waals surface area (Å²) in [5.41, 5.74) is 1.32. The monoisotopic (exact) mass is 330 g/mol. The molecular formula is C16H18N4O4. The average molecular weight is 330 g/mol. The first-order valence-electron chi connectivity index (χ1n) is 7.48. The van der Waals surface area contributed by atoms with Crippen LogP contribution in [0.1, 0.15) is 16.1 Å². The summed E-state index contributed by atoms with van der Waals surface area (Å²) in [6.45, 7) is 1.67. The summed E-state index contributed by atoms with van der Waals surface area (Å²) in [6, 6.07) is 7.33. The van der Waals surface area contributed by atoms with E-state index in [0.29, 0.717) is 31.2 Å². The molecule has 0 saturated carbocycles. The number of carbonyl (C=O) groups is 1. The van der Waals surface area contributed by atoms with Crippen molar-refractivity contribution in [2.75, 3.05) is 32.4 Å². The van der Waals surface area contributed by atoms with Crippen LogP contribution in [0, 0.1) is 0 Å². The lowest BCUT2D eigenvalue weighted by molar-refractivity contribution is 0.0932. The van der Waals surface area contributed by atoms with Crippen molar-refractivity contribution in [3.8, 4) is 11.5 Å². The van der Waals surface area contributed by atoms with Gasteiger partial charge in [0.2, 0.25) is 6.79 Å². The molecule has 126 valence electrons. The second-order valence-corrected chi connectivity index (χ2v) is 5.08. The average Bonchev–Trinajstić information content (AvgIpc) is 3.08. The lowest BCUT2D eigenvalue weighted by Gasteiger charge is -2.08. The number of rotatable bonds is 7. The molecule has 0 aliphatic carbocycles. The fourth-order valence-electron chi connectivity index (χ4n) is 2.18. The SMILES string of the molecule is COCCNC(=O)c1cc(NCc2ccc3c(c2)OCO3)ncn1. The number of anilines is 1. The van der Waals surface area contributed by atoms with E-state index in [1.807, 2.05) is 18.2 Å². The Bertz CT molecular complexity index is 723. The van der Waals surface area contributed by atoms with Gasteiger partial charge in [0.25, 0.3) is 5.91 Å². The van der Waals surface area contributed by atoms with Crippen molar-refractivity contribution in [1.82, 2.24) is 15.3 Å². The van der Waals surface area contributed by atoms with Gasteiger partial charge in [-0.2, -0.15) is 0 Å². The smallest absolute Gasteiger partial charge is 0.270 e. The van der Waals surface area contributed by atoms with Gasteiger partial charge < -0.3 is 24.8 Å². The fraction of sp³-hybridized carbons (Fsp3) is 0.312. The third-order valence-electron chi connectivity index (χ3n) is 3.40. The van der Waals surface area contributed by atoms with E-state index in [0.717, 1.165) is 17.1 Å². The Kier molecular flexibility index (Phi) is 5.07. The van der Waals surface area contributed by atoms with Crippen molar-refractivity contribution in [2.45, 2.75) is 6.54 Å². The number of hydrogen-bond acceptors (Lipinski definition) is 7. The van der Waals surface area contributed by atoms with Crippen LogP contribution in [-0.4, -0.2) is 42.9 Å². The Morgan fingerprint density at radius 1 is 1.25 bits per heavy atom. The summed E-state index contributed by atoms with van der Waals surface area (Å²) < 4.78 is 15.5. The van der Waals surface area contributed by atoms with Gasteiger partial charge >= 0.3 is 0 Å². The molecular weight excluding hydrogens is 312 g/mol. The number of ether oxygens (including phenoxy) is 3. The molecule has 1 aromatic carbocycles. The molecule has 0 saturated heterocycles. The van der Waals surface area contributed by atoms with Gasteiger partial charge in [-0.25, -0.2) is 9.97 Å². The topological polar surface area (TPSA) is 94.6 Å². The molecule has 0 fully saturated rings. The third kappa shape index (κ3) is 3.90. The molecule has 1 aliphatic rings. The first-order valence-corrected chi connectivity index (χ1v) is 7.48. The van der Waals surface area contributed by atoms with Gasteiger partial charge in [-0.3, -0.25) is 4.79 Å². The minimum absolute atomic E-state index is 0.250. The minimum Gasteiger partial charge on any atom is -0.454 e. The van der Waals surface area contributed by atoms with Gasteiger partial charge in [0.15, 0.2) is 11.5 Å². The quantitative estimate of drug-likeness (QED) is 0.736. The Hall–Kier alpha value is -2.87. The fourth-order valence-corrected chi connectivity index (χ4v) is 2.18. The van der Waals surface area contributed by atoms with E-state index in [4.69, 9.17) is 14.2 Å². The highest BCUT2D eigenvalue weighted by Crippen LogP contribution is 2.32. The molecule has 1 aliphatic heterocycles. The van der Waals surface area contributed by atoms with Crippen LogP contribution in [0.3, 0.4) is 0 Å². The maximum absolute atomic E-state index is 12.0. The second-order valence-electron chi connectivity index (χ2n) is 5.08. The summed E-state index contributed by atoms with van der Waals surface area (Å²) in [5, 5.41) is 5.88. The molecule has 8 heteroatoms. The van der Waals surface area contributed by atoms with E-state index in [9.17, 15) is 4.79 Å². The summed E-state index contributed by atoms with van der Waals surface area (Å²) >= 11 is 0. The van der Waals surface area contributed by atoms with Gasteiger partial charge in [-0.05, 0) is 17.7 Å². The predicted octanol–water partition coefficient (Wildman–Crippen LogP) is 1.19. The molecule has 2 N–H and O–H groups in total. The van der Waals surface area contributed by atoms with E-state index in [-0.39, 0.29) is 12.7 Å². The van der Waals surface area contributed by atoms with Crippen LogP contribution < -0.4 is 20.1 Å². The van der Waals surface area contributed by atoms with E-state index in [2.05, 4.69) is 20.6 Å². The van der Waals surface area contributed by atoms with Crippen LogP contribution in [0.2, 0.25) is 0 Å². The van der Waals surface area contributed by atoms with E-state index < -0.39 is 0 Å². The Balaban J connectivity index is 1.59. The van der Waals surface area contributed by atoms with Crippen LogP contribution in [-0.2, 0) is 11.3 Å². The van der Waals surface area contributed by atoms with Gasteiger partial charge in [-0.15, -0.1) is 0 Å². The van der Waals surface area contributed by atoms with E-state index in [1.165, 1.54) is 6.33 Å². The molecule has 3 rings (SSSR count). The molecule has 0 atom stereocenters. The number of nitrogens with one attached hydrogen (secondary N) is 2. The molecule has 0 bridgehead atoms. The van der Waals surface area contributed by atoms with Crippen molar-refractivity contribution in [3.05, 3.63) is 41.9 Å². The zero-order chi connectivity index (χ0) is 16.8. The molecule has 0 unspecified atom stereocenters. The Morgan fingerprint density at radius 2 is 2.12 bits per heavy atom. The van der Waals surface area contributed by atoms with Crippen molar-refractivity contribution in [3.63, 3.8) is 0 Å². The van der Waals surface area contributed by atoms with Gasteiger partial charge in [0.1, 0.15) is 17.8 Å². The molecule has 24 heavy (non-hydrogen) atoms. The molecule has 1 amide bonds. The first kappa shape index (κ1) is 16.0. The van der Waals surface area contributed by atoms with E-state index in [1.54, 1.807) is 13.2 Å². The van der Waals surface area contributed by atoms with Crippen LogP contribution in [0.4, 0.5) is 5.82 Å². The number of fused-ring (bicyclic) bond motifs is 1. The van der Waals surface area contributed by atoms with Crippen LogP contribution in [0.25, 0.3) is 0 Å². The molecule has 1 aromatic heterocycles. The lowest BCUT2D eigenvalue weighted by atomic mass is 10.2. The normalized spacial score (nSPS) is 12.0. The number of carbonyl (C=O) groups excluding carboxylic acids is 1. The van der Waals surface area contributed by atoms with Crippen molar-refractivity contribution in [2.24, 2.45) is 0 Å². The number of benzene rings is 1. The number of methoxy groups -OCH3 is 1. The van der Waals surface area contributed by atoms with Gasteiger partial charge in [0, 0.05) is 26.3 Å². The van der Waals surface area contributed by atoms with Gasteiger partial charge in [0.05, 0.1) is 6.61 Å². The van der Waals surface area contributed by atoms with Crippen LogP contribution >= 0.6 is 0 Å². The predicted molar refractivity (Wildman–Crippen MR) is 86.1 cm³/mol. The standard InChI is InChI=1S/C16H18N4O4/c1-22-5-4-17-16(21)12-7-15(20-9-19-12)18-8-11-2-3-13-14(6-11)24-10-23-13/h2-3,6-7,9H,4-5,8,10H2,1H3,(H,17,21)(H,18,19,20). The molecule has 8 nitrogen and oxygen atoms in total. The Labute approximate surface area is 139 Å². The lowest BCUT2D eigenvalue weighted by Crippen LogP contribution is -2.27. The third-order valence-corrected chi connectivity index (χ3v) is 3.40. The first-order chi connectivity index (χ1) is 11.8. The molecule has 0 radical (unpaired) electrons. The van der Waals surface area contributed by atoms with E-state index >= 15 is 0 Å². The van der Waals surface area contributed by atoms with Crippen molar-refractivity contribution >= 4 is 11.7 Å². The maximum atomic E-state index is 12.0. The maximum Gasteiger partial charge on any atom is 0.270 e. The van der Waals surface area contributed by atoms with Crippen LogP contribution in [0.15, 0.2) is 30.6 Å². The molecule has 2 heterocycles. The second kappa shape index (κ2) is 7.60. The van der Waals surface area contributed by atoms with Crippen molar-refractivity contribution in [1.29, 1.82) is 0 Å². The highest BCUT2D eigenvalue weighted by Gasteiger charge is 2.13. The zero-order valence-corrected chi connectivity index (χ0v) is 13.2. The number of hydrogen-bond donors (Lipinski definition) is 2. The molecule has 2 aromatic rings. The van der Waals surface area contributed by atoms with Crippen LogP contribution in [0.5, 0.6) is 11.5 Å². The zero-order valence-electron chi connectivity index (χ0n) is 13.2. The Morgan fingerprint density at radius 3 is 3.00 bits per heavy atom. The van der Waals surface area contributed by atoms with Gasteiger partial charge in [-0.1, -0.05) is 6.07 Å². The summed E-state index contributed by atoms with van der Waals surface area (Å²) in [6.07, 6.45) is 1.35. The summed E-state index contributed by atoms with van der Waals surface area (Å²) in [4.78, 5) is 20.1.